The number of nitrogens with zero attached hydrogens (tertiary/aromatic N) is 1. The highest BCUT2D eigenvalue weighted by molar-refractivity contribution is 7.80. The van der Waals surface area contributed by atoms with Gasteiger partial charge in [0.2, 0.25) is 0 Å². The number of benzene rings is 2. The summed E-state index contributed by atoms with van der Waals surface area (Å²) in [6.07, 6.45) is 0. The summed E-state index contributed by atoms with van der Waals surface area (Å²) < 4.78 is 0. The van der Waals surface area contributed by atoms with Crippen LogP contribution in [0.25, 0.3) is 0 Å². The molecular formula is C22H27ClN3S+. The molecule has 0 aliphatic carbocycles. The van der Waals surface area contributed by atoms with Crippen molar-refractivity contribution < 1.29 is 4.90 Å². The van der Waals surface area contributed by atoms with Crippen LogP contribution >= 0.6 is 23.8 Å². The number of rotatable bonds is 5. The number of hydrogen-bond donors (Lipinski definition) is 2. The molecule has 5 heteroatoms. The van der Waals surface area contributed by atoms with Crippen molar-refractivity contribution in [3.8, 4) is 0 Å². The van der Waals surface area contributed by atoms with Gasteiger partial charge in [-0.05, 0) is 25.2 Å². The predicted octanol–water partition coefficient (Wildman–Crippen LogP) is 3.08. The quantitative estimate of drug-likeness (QED) is 0.594. The van der Waals surface area contributed by atoms with Gasteiger partial charge in [0, 0.05) is 17.7 Å². The molecular weight excluding hydrogens is 374 g/mol. The van der Waals surface area contributed by atoms with Crippen LogP contribution in [0.15, 0.2) is 66.7 Å². The fraction of sp³-hybridized carbons (Fsp3) is 0.318. The number of thiocarbonyl (C=S) groups is 1. The van der Waals surface area contributed by atoms with E-state index in [1.807, 2.05) is 19.1 Å². The second kappa shape index (κ2) is 9.36. The molecule has 0 amide bonds. The molecule has 0 saturated carbocycles. The minimum Gasteiger partial charge on any atom is -0.359 e. The van der Waals surface area contributed by atoms with Gasteiger partial charge in [-0.1, -0.05) is 72.3 Å². The van der Waals surface area contributed by atoms with Gasteiger partial charge in [0.05, 0.1) is 31.2 Å². The van der Waals surface area contributed by atoms with Crippen molar-refractivity contribution in [2.75, 3.05) is 32.7 Å². The molecule has 0 unspecified atom stereocenters. The minimum absolute atomic E-state index is 0.235. The van der Waals surface area contributed by atoms with Crippen LogP contribution in [0.3, 0.4) is 0 Å². The maximum Gasteiger partial charge on any atom is 0.169 e. The maximum absolute atomic E-state index is 6.58. The average molecular weight is 401 g/mol. The first-order valence-electron chi connectivity index (χ1n) is 9.37. The van der Waals surface area contributed by atoms with Crippen molar-refractivity contribution in [1.82, 2.24) is 10.2 Å². The van der Waals surface area contributed by atoms with Gasteiger partial charge in [0.1, 0.15) is 6.04 Å². The number of hydrogen-bond acceptors (Lipinski definition) is 1. The SMILES string of the molecule is C=C(C)CNC(=S)N1CC[NH+]([C@H](c2ccccc2)c2ccccc2Cl)CC1. The van der Waals surface area contributed by atoms with Gasteiger partial charge in [-0.3, -0.25) is 0 Å². The molecule has 0 bridgehead atoms. The molecule has 1 heterocycles. The summed E-state index contributed by atoms with van der Waals surface area (Å²) in [6, 6.07) is 19.1. The molecule has 3 rings (SSSR count). The van der Waals surface area contributed by atoms with Crippen LogP contribution in [0.2, 0.25) is 5.02 Å². The molecule has 3 nitrogen and oxygen atoms in total. The van der Waals surface area contributed by atoms with E-state index < -0.39 is 0 Å². The predicted molar refractivity (Wildman–Crippen MR) is 117 cm³/mol. The Hall–Kier alpha value is -1.88. The maximum atomic E-state index is 6.58. The number of piperazine rings is 1. The molecule has 142 valence electrons. The van der Waals surface area contributed by atoms with Crippen LogP contribution in [0, 0.1) is 0 Å². The normalized spacial score (nSPS) is 16.0. The van der Waals surface area contributed by atoms with Gasteiger partial charge in [-0.25, -0.2) is 0 Å². The monoisotopic (exact) mass is 400 g/mol. The Labute approximate surface area is 172 Å². The molecule has 1 fully saturated rings. The lowest BCUT2D eigenvalue weighted by Gasteiger charge is -2.38. The van der Waals surface area contributed by atoms with Gasteiger partial charge in [0.25, 0.3) is 0 Å². The Morgan fingerprint density at radius 3 is 2.41 bits per heavy atom. The third-order valence-electron chi connectivity index (χ3n) is 4.99. The van der Waals surface area contributed by atoms with E-state index in [1.165, 1.54) is 16.0 Å². The van der Waals surface area contributed by atoms with E-state index in [1.54, 1.807) is 0 Å². The molecule has 2 aromatic rings. The van der Waals surface area contributed by atoms with Crippen LogP contribution in [0.5, 0.6) is 0 Å². The second-order valence-electron chi connectivity index (χ2n) is 7.13. The summed E-state index contributed by atoms with van der Waals surface area (Å²) >= 11 is 12.1. The van der Waals surface area contributed by atoms with Gasteiger partial charge in [-0.2, -0.15) is 0 Å². The standard InChI is InChI=1S/C22H26ClN3S/c1-17(2)16-24-22(27)26-14-12-25(13-15-26)21(18-8-4-3-5-9-18)19-10-6-7-11-20(19)23/h3-11,21H,1,12-16H2,2H3,(H,24,27)/p+1/t21-/m1/s1. The first-order valence-corrected chi connectivity index (χ1v) is 10.2. The second-order valence-corrected chi connectivity index (χ2v) is 7.92. The van der Waals surface area contributed by atoms with Crippen LogP contribution in [-0.4, -0.2) is 42.7 Å². The molecule has 1 aliphatic heterocycles. The Morgan fingerprint density at radius 1 is 1.15 bits per heavy atom. The molecule has 0 aromatic heterocycles. The van der Waals surface area contributed by atoms with Crippen molar-refractivity contribution >= 4 is 28.9 Å². The van der Waals surface area contributed by atoms with Crippen molar-refractivity contribution in [2.24, 2.45) is 0 Å². The summed E-state index contributed by atoms with van der Waals surface area (Å²) in [4.78, 5) is 3.78. The van der Waals surface area contributed by atoms with Crippen molar-refractivity contribution in [3.63, 3.8) is 0 Å². The smallest absolute Gasteiger partial charge is 0.169 e. The lowest BCUT2D eigenvalue weighted by Crippen LogP contribution is -3.15. The zero-order valence-electron chi connectivity index (χ0n) is 15.7. The fourth-order valence-corrected chi connectivity index (χ4v) is 4.11. The zero-order chi connectivity index (χ0) is 19.2. The summed E-state index contributed by atoms with van der Waals surface area (Å²) in [6.45, 7) is 10.6. The average Bonchev–Trinajstić information content (AvgIpc) is 2.69. The highest BCUT2D eigenvalue weighted by atomic mass is 35.5. The van der Waals surface area contributed by atoms with Crippen LogP contribution in [0.1, 0.15) is 24.1 Å². The molecule has 2 N–H and O–H groups in total. The van der Waals surface area contributed by atoms with Crippen molar-refractivity contribution in [3.05, 3.63) is 82.9 Å². The van der Waals surface area contributed by atoms with Crippen LogP contribution in [-0.2, 0) is 0 Å². The third-order valence-corrected chi connectivity index (χ3v) is 5.74. The highest BCUT2D eigenvalue weighted by Crippen LogP contribution is 2.26. The third kappa shape index (κ3) is 5.10. The first-order chi connectivity index (χ1) is 13.1. The zero-order valence-corrected chi connectivity index (χ0v) is 17.3. The first kappa shape index (κ1) is 19.9. The van der Waals surface area contributed by atoms with E-state index in [-0.39, 0.29) is 6.04 Å². The number of nitrogens with one attached hydrogen (secondary N) is 2. The number of quaternary nitrogens is 1. The van der Waals surface area contributed by atoms with Gasteiger partial charge < -0.3 is 15.1 Å². The van der Waals surface area contributed by atoms with E-state index in [0.717, 1.165) is 48.4 Å². The molecule has 1 aliphatic rings. The van der Waals surface area contributed by atoms with Crippen molar-refractivity contribution in [1.29, 1.82) is 0 Å². The molecule has 2 aromatic carbocycles. The molecule has 0 radical (unpaired) electrons. The van der Waals surface area contributed by atoms with E-state index in [2.05, 4.69) is 59.3 Å². The number of halogens is 1. The Kier molecular flexibility index (Phi) is 6.89. The molecule has 0 spiro atoms. The Morgan fingerprint density at radius 2 is 1.78 bits per heavy atom. The summed E-state index contributed by atoms with van der Waals surface area (Å²) in [5.74, 6) is 0. The van der Waals surface area contributed by atoms with E-state index in [4.69, 9.17) is 23.8 Å². The summed E-state index contributed by atoms with van der Waals surface area (Å²) in [7, 11) is 0. The van der Waals surface area contributed by atoms with E-state index >= 15 is 0 Å². The van der Waals surface area contributed by atoms with Gasteiger partial charge in [0.15, 0.2) is 5.11 Å². The minimum atomic E-state index is 0.235. The largest absolute Gasteiger partial charge is 0.359 e. The van der Waals surface area contributed by atoms with Crippen LogP contribution < -0.4 is 10.2 Å². The highest BCUT2D eigenvalue weighted by Gasteiger charge is 2.31. The Balaban J connectivity index is 1.75. The molecule has 1 atom stereocenters. The summed E-state index contributed by atoms with van der Waals surface area (Å²) in [5.41, 5.74) is 3.58. The molecule has 1 saturated heterocycles. The lowest BCUT2D eigenvalue weighted by molar-refractivity contribution is -0.929. The molecule has 27 heavy (non-hydrogen) atoms. The van der Waals surface area contributed by atoms with Crippen LogP contribution in [0.4, 0.5) is 0 Å². The lowest BCUT2D eigenvalue weighted by atomic mass is 9.96. The fourth-order valence-electron chi connectivity index (χ4n) is 3.61. The topological polar surface area (TPSA) is 19.7 Å². The van der Waals surface area contributed by atoms with E-state index in [0.29, 0.717) is 0 Å². The van der Waals surface area contributed by atoms with Gasteiger partial charge in [-0.15, -0.1) is 0 Å². The van der Waals surface area contributed by atoms with Crippen molar-refractivity contribution in [2.45, 2.75) is 13.0 Å². The Bertz CT molecular complexity index is 785. The van der Waals surface area contributed by atoms with Gasteiger partial charge >= 0.3 is 0 Å². The summed E-state index contributed by atoms with van der Waals surface area (Å²) in [5, 5.41) is 4.95. The van der Waals surface area contributed by atoms with E-state index in [9.17, 15) is 0 Å².